The zero-order chi connectivity index (χ0) is 22.2. The highest BCUT2D eigenvalue weighted by Crippen LogP contribution is 2.36. The first-order chi connectivity index (χ1) is 15.7. The van der Waals surface area contributed by atoms with Gasteiger partial charge in [-0.3, -0.25) is 10.00 Å². The second kappa shape index (κ2) is 10.2. The molecule has 4 aromatic rings. The Morgan fingerprint density at radius 1 is 0.750 bits per heavy atom. The maximum Gasteiger partial charge on any atom is 0.145 e. The van der Waals surface area contributed by atoms with Crippen molar-refractivity contribution in [2.45, 2.75) is 18.4 Å². The number of hydrogen-bond acceptors (Lipinski definition) is 4. The van der Waals surface area contributed by atoms with Gasteiger partial charge in [0, 0.05) is 13.6 Å². The second-order valence-corrected chi connectivity index (χ2v) is 7.98. The third-order valence-corrected chi connectivity index (χ3v) is 5.91. The zero-order valence-corrected chi connectivity index (χ0v) is 18.5. The van der Waals surface area contributed by atoms with E-state index in [-0.39, 0.29) is 0 Å². The van der Waals surface area contributed by atoms with Gasteiger partial charge in [-0.05, 0) is 36.1 Å². The first-order valence-electron chi connectivity index (χ1n) is 11.1. The van der Waals surface area contributed by atoms with Crippen LogP contribution in [0.5, 0.6) is 0 Å². The van der Waals surface area contributed by atoms with Crippen molar-refractivity contribution in [3.8, 4) is 0 Å². The van der Waals surface area contributed by atoms with Crippen molar-refractivity contribution in [3.63, 3.8) is 0 Å². The molecule has 0 spiro atoms. The minimum Gasteiger partial charge on any atom is -0.382 e. The van der Waals surface area contributed by atoms with E-state index in [1.165, 1.54) is 16.7 Å². The topological polar surface area (TPSA) is 67.9 Å². The Labute approximate surface area is 190 Å². The quantitative estimate of drug-likeness (QED) is 0.253. The fourth-order valence-electron chi connectivity index (χ4n) is 4.20. The molecule has 0 amide bonds. The van der Waals surface area contributed by atoms with Crippen LogP contribution in [0.2, 0.25) is 0 Å². The van der Waals surface area contributed by atoms with Crippen LogP contribution < -0.4 is 16.4 Å². The van der Waals surface area contributed by atoms with E-state index in [0.29, 0.717) is 5.82 Å². The van der Waals surface area contributed by atoms with E-state index in [2.05, 4.69) is 107 Å². The van der Waals surface area contributed by atoms with Crippen LogP contribution in [0, 0.1) is 0 Å². The van der Waals surface area contributed by atoms with Crippen LogP contribution in [0.3, 0.4) is 0 Å². The molecule has 1 aromatic heterocycles. The average molecular weight is 426 g/mol. The molecule has 32 heavy (non-hydrogen) atoms. The van der Waals surface area contributed by atoms with Gasteiger partial charge in [0.25, 0.3) is 0 Å². The second-order valence-electron chi connectivity index (χ2n) is 7.98. The van der Waals surface area contributed by atoms with Crippen LogP contribution >= 0.6 is 0 Å². The molecule has 0 unspecified atom stereocenters. The molecule has 4 rings (SSSR count). The molecule has 0 aliphatic carbocycles. The van der Waals surface area contributed by atoms with Gasteiger partial charge in [0.05, 0.1) is 17.4 Å². The van der Waals surface area contributed by atoms with Gasteiger partial charge in [-0.1, -0.05) is 91.0 Å². The SMILES string of the molecule is Cn1ncc(NCCCCNC(c2ccccc2)(c2ccccc2)c2ccccc2)c1N. The number of benzene rings is 3. The Morgan fingerprint density at radius 2 is 1.22 bits per heavy atom. The Morgan fingerprint density at radius 3 is 1.66 bits per heavy atom. The summed E-state index contributed by atoms with van der Waals surface area (Å²) in [5.74, 6) is 0.666. The third-order valence-electron chi connectivity index (χ3n) is 5.91. The summed E-state index contributed by atoms with van der Waals surface area (Å²) >= 11 is 0. The highest BCUT2D eigenvalue weighted by Gasteiger charge is 2.35. The number of aromatic nitrogens is 2. The molecule has 0 aliphatic rings. The largest absolute Gasteiger partial charge is 0.382 e. The monoisotopic (exact) mass is 425 g/mol. The Hall–Kier alpha value is -3.57. The average Bonchev–Trinajstić information content (AvgIpc) is 3.18. The fraction of sp³-hybridized carbons (Fsp3) is 0.222. The molecule has 164 valence electrons. The summed E-state index contributed by atoms with van der Waals surface area (Å²) in [5.41, 5.74) is 10.2. The molecule has 5 heteroatoms. The first-order valence-corrected chi connectivity index (χ1v) is 11.1. The summed E-state index contributed by atoms with van der Waals surface area (Å²) in [6.07, 6.45) is 3.83. The Kier molecular flexibility index (Phi) is 6.87. The predicted molar refractivity (Wildman–Crippen MR) is 133 cm³/mol. The van der Waals surface area contributed by atoms with Gasteiger partial charge in [-0.25, -0.2) is 0 Å². The molecular formula is C27H31N5. The van der Waals surface area contributed by atoms with E-state index >= 15 is 0 Å². The van der Waals surface area contributed by atoms with E-state index < -0.39 is 5.54 Å². The molecule has 5 nitrogen and oxygen atoms in total. The minimum absolute atomic E-state index is 0.412. The zero-order valence-electron chi connectivity index (χ0n) is 18.5. The lowest BCUT2D eigenvalue weighted by Gasteiger charge is -2.37. The normalized spacial score (nSPS) is 11.4. The van der Waals surface area contributed by atoms with Gasteiger partial charge in [-0.2, -0.15) is 5.10 Å². The van der Waals surface area contributed by atoms with Gasteiger partial charge >= 0.3 is 0 Å². The summed E-state index contributed by atoms with van der Waals surface area (Å²) in [4.78, 5) is 0. The molecule has 0 fully saturated rings. The maximum absolute atomic E-state index is 6.02. The van der Waals surface area contributed by atoms with E-state index in [0.717, 1.165) is 31.6 Å². The lowest BCUT2D eigenvalue weighted by molar-refractivity contribution is 0.463. The van der Waals surface area contributed by atoms with Crippen molar-refractivity contribution in [1.82, 2.24) is 15.1 Å². The lowest BCUT2D eigenvalue weighted by atomic mass is 9.77. The van der Waals surface area contributed by atoms with Crippen LogP contribution in [0.4, 0.5) is 11.5 Å². The number of unbranched alkanes of at least 4 members (excludes halogenated alkanes) is 1. The van der Waals surface area contributed by atoms with E-state index in [1.807, 2.05) is 7.05 Å². The van der Waals surface area contributed by atoms with Crippen LogP contribution in [-0.4, -0.2) is 22.9 Å². The molecule has 1 heterocycles. The fourth-order valence-corrected chi connectivity index (χ4v) is 4.20. The molecule has 0 radical (unpaired) electrons. The van der Waals surface area contributed by atoms with Crippen LogP contribution in [-0.2, 0) is 12.6 Å². The van der Waals surface area contributed by atoms with Gasteiger partial charge in [0.15, 0.2) is 0 Å². The molecule has 0 bridgehead atoms. The standard InChI is InChI=1S/C27H31N5/c1-32-26(28)25(21-31-32)29-19-11-12-20-30-27(22-13-5-2-6-14-22,23-15-7-3-8-16-23)24-17-9-4-10-18-24/h2-10,13-18,21,29-30H,11-12,19-20,28H2,1H3. The smallest absolute Gasteiger partial charge is 0.145 e. The van der Waals surface area contributed by atoms with Crippen LogP contribution in [0.1, 0.15) is 29.5 Å². The van der Waals surface area contributed by atoms with E-state index in [9.17, 15) is 0 Å². The van der Waals surface area contributed by atoms with Crippen molar-refractivity contribution in [1.29, 1.82) is 0 Å². The number of hydrogen-bond donors (Lipinski definition) is 3. The molecule has 3 aromatic carbocycles. The highest BCUT2D eigenvalue weighted by molar-refractivity contribution is 5.60. The van der Waals surface area contributed by atoms with Crippen molar-refractivity contribution < 1.29 is 0 Å². The summed E-state index contributed by atoms with van der Waals surface area (Å²) in [7, 11) is 1.85. The van der Waals surface area contributed by atoms with Crippen molar-refractivity contribution in [2.24, 2.45) is 7.05 Å². The summed E-state index contributed by atoms with van der Waals surface area (Å²) in [5, 5.41) is 11.5. The van der Waals surface area contributed by atoms with Crippen molar-refractivity contribution in [2.75, 3.05) is 24.1 Å². The Balaban J connectivity index is 1.53. The number of rotatable bonds is 10. The molecule has 4 N–H and O–H groups in total. The predicted octanol–water partition coefficient (Wildman–Crippen LogP) is 4.78. The first kappa shape index (κ1) is 21.7. The molecule has 0 saturated heterocycles. The van der Waals surface area contributed by atoms with Crippen molar-refractivity contribution in [3.05, 3.63) is 114 Å². The number of anilines is 2. The molecule has 0 aliphatic heterocycles. The third kappa shape index (κ3) is 4.53. The van der Waals surface area contributed by atoms with E-state index in [1.54, 1.807) is 10.9 Å². The maximum atomic E-state index is 6.02. The van der Waals surface area contributed by atoms with Crippen LogP contribution in [0.15, 0.2) is 97.2 Å². The number of nitrogen functional groups attached to an aromatic ring is 1. The molecule has 0 saturated carbocycles. The lowest BCUT2D eigenvalue weighted by Crippen LogP contribution is -2.45. The minimum atomic E-state index is -0.412. The number of nitrogens with one attached hydrogen (secondary N) is 2. The number of aryl methyl sites for hydroxylation is 1. The molecular weight excluding hydrogens is 394 g/mol. The highest BCUT2D eigenvalue weighted by atomic mass is 15.3. The number of nitrogens with two attached hydrogens (primary N) is 1. The van der Waals surface area contributed by atoms with Gasteiger partial charge in [0.1, 0.15) is 5.82 Å². The molecule has 0 atom stereocenters. The van der Waals surface area contributed by atoms with Crippen LogP contribution in [0.25, 0.3) is 0 Å². The summed E-state index contributed by atoms with van der Waals surface area (Å²) in [6, 6.07) is 32.1. The van der Waals surface area contributed by atoms with Gasteiger partial charge in [0.2, 0.25) is 0 Å². The summed E-state index contributed by atoms with van der Waals surface area (Å²) in [6.45, 7) is 1.73. The number of nitrogens with zero attached hydrogens (tertiary/aromatic N) is 2. The van der Waals surface area contributed by atoms with E-state index in [4.69, 9.17) is 5.73 Å². The Bertz CT molecular complexity index is 994. The van der Waals surface area contributed by atoms with Gasteiger partial charge < -0.3 is 11.1 Å². The van der Waals surface area contributed by atoms with Crippen molar-refractivity contribution >= 4 is 11.5 Å². The van der Waals surface area contributed by atoms with Gasteiger partial charge in [-0.15, -0.1) is 0 Å². The summed E-state index contributed by atoms with van der Waals surface area (Å²) < 4.78 is 1.68.